The molecule has 0 radical (unpaired) electrons. The summed E-state index contributed by atoms with van der Waals surface area (Å²) in [4.78, 5) is 12.5. The van der Waals surface area contributed by atoms with Crippen LogP contribution >= 0.6 is 15.9 Å². The number of halogens is 3. The number of alkyl halides is 2. The molecule has 0 heterocycles. The van der Waals surface area contributed by atoms with Gasteiger partial charge in [-0.05, 0) is 24.3 Å². The van der Waals surface area contributed by atoms with Gasteiger partial charge in [-0.15, -0.1) is 0 Å². The first-order valence-electron chi connectivity index (χ1n) is 5.58. The van der Waals surface area contributed by atoms with Crippen LogP contribution in [0.1, 0.15) is 0 Å². The molecule has 0 saturated carbocycles. The third kappa shape index (κ3) is 5.98. The number of rotatable bonds is 7. The van der Waals surface area contributed by atoms with E-state index in [-0.39, 0.29) is 19.8 Å². The van der Waals surface area contributed by atoms with Gasteiger partial charge in [0.15, 0.2) is 6.61 Å². The van der Waals surface area contributed by atoms with Crippen LogP contribution in [0.4, 0.5) is 8.78 Å². The zero-order valence-corrected chi connectivity index (χ0v) is 11.6. The Kier molecular flexibility index (Phi) is 6.72. The number of carbonyl (C=O) groups is 1. The first-order chi connectivity index (χ1) is 9.02. The molecule has 4 nitrogen and oxygen atoms in total. The number of nitrogens with zero attached hydrogens (tertiary/aromatic N) is 1. The fourth-order valence-electron chi connectivity index (χ4n) is 1.37. The summed E-state index contributed by atoms with van der Waals surface area (Å²) in [6.45, 7) is -1.54. The largest absolute Gasteiger partial charge is 0.484 e. The van der Waals surface area contributed by atoms with Crippen LogP contribution in [-0.4, -0.2) is 48.6 Å². The van der Waals surface area contributed by atoms with Crippen LogP contribution in [0.5, 0.6) is 5.75 Å². The zero-order valence-electron chi connectivity index (χ0n) is 10.1. The Morgan fingerprint density at radius 3 is 2.53 bits per heavy atom. The smallest absolute Gasteiger partial charge is 0.260 e. The SMILES string of the molecule is O=C(COc1ccc(Br)cc1)N(CCO)CC(F)F. The van der Waals surface area contributed by atoms with Crippen molar-refractivity contribution in [3.63, 3.8) is 0 Å². The second kappa shape index (κ2) is 8.06. The lowest BCUT2D eigenvalue weighted by atomic mass is 10.3. The molecule has 0 spiro atoms. The van der Waals surface area contributed by atoms with Crippen molar-refractivity contribution in [3.8, 4) is 5.75 Å². The molecule has 1 aromatic carbocycles. The van der Waals surface area contributed by atoms with E-state index < -0.39 is 18.9 Å². The maximum absolute atomic E-state index is 12.3. The summed E-state index contributed by atoms with van der Waals surface area (Å²) >= 11 is 3.25. The lowest BCUT2D eigenvalue weighted by Crippen LogP contribution is -2.40. The third-order valence-electron chi connectivity index (χ3n) is 2.26. The molecule has 0 aromatic heterocycles. The van der Waals surface area contributed by atoms with Gasteiger partial charge in [0.25, 0.3) is 12.3 Å². The summed E-state index contributed by atoms with van der Waals surface area (Å²) in [5.41, 5.74) is 0. The van der Waals surface area contributed by atoms with Crippen molar-refractivity contribution >= 4 is 21.8 Å². The van der Waals surface area contributed by atoms with Crippen molar-refractivity contribution in [3.05, 3.63) is 28.7 Å². The van der Waals surface area contributed by atoms with Crippen molar-refractivity contribution in [2.45, 2.75) is 6.43 Å². The Labute approximate surface area is 118 Å². The van der Waals surface area contributed by atoms with Crippen molar-refractivity contribution in [1.29, 1.82) is 0 Å². The van der Waals surface area contributed by atoms with Gasteiger partial charge in [-0.25, -0.2) is 8.78 Å². The van der Waals surface area contributed by atoms with Gasteiger partial charge < -0.3 is 14.7 Å². The Hall–Kier alpha value is -1.21. The van der Waals surface area contributed by atoms with Crippen LogP contribution < -0.4 is 4.74 Å². The Balaban J connectivity index is 2.49. The van der Waals surface area contributed by atoms with Crippen LogP contribution in [0.3, 0.4) is 0 Å². The van der Waals surface area contributed by atoms with Crippen molar-refractivity contribution in [1.82, 2.24) is 4.90 Å². The highest BCUT2D eigenvalue weighted by Crippen LogP contribution is 2.16. The molecule has 0 fully saturated rings. The minimum Gasteiger partial charge on any atom is -0.484 e. The maximum atomic E-state index is 12.3. The second-order valence-corrected chi connectivity index (χ2v) is 4.61. The molecular formula is C12H14BrF2NO3. The highest BCUT2D eigenvalue weighted by Gasteiger charge is 2.18. The monoisotopic (exact) mass is 337 g/mol. The number of ether oxygens (including phenoxy) is 1. The summed E-state index contributed by atoms with van der Waals surface area (Å²) < 4.78 is 30.6. The summed E-state index contributed by atoms with van der Waals surface area (Å²) in [7, 11) is 0. The van der Waals surface area contributed by atoms with Gasteiger partial charge in [-0.3, -0.25) is 4.79 Å². The quantitative estimate of drug-likeness (QED) is 0.826. The number of hydrogen-bond acceptors (Lipinski definition) is 3. The molecule has 0 aliphatic rings. The van der Waals surface area contributed by atoms with Gasteiger partial charge in [0.2, 0.25) is 0 Å². The molecule has 0 aliphatic heterocycles. The molecule has 0 aliphatic carbocycles. The molecule has 0 bridgehead atoms. The maximum Gasteiger partial charge on any atom is 0.260 e. The van der Waals surface area contributed by atoms with E-state index >= 15 is 0 Å². The van der Waals surface area contributed by atoms with Crippen molar-refractivity contribution in [2.24, 2.45) is 0 Å². The fraction of sp³-hybridized carbons (Fsp3) is 0.417. The van der Waals surface area contributed by atoms with Gasteiger partial charge >= 0.3 is 0 Å². The predicted molar refractivity (Wildman–Crippen MR) is 69.3 cm³/mol. The molecule has 0 atom stereocenters. The molecule has 1 amide bonds. The normalized spacial score (nSPS) is 10.6. The average Bonchev–Trinajstić information content (AvgIpc) is 2.37. The van der Waals surface area contributed by atoms with E-state index in [9.17, 15) is 13.6 Å². The molecule has 0 saturated heterocycles. The highest BCUT2D eigenvalue weighted by molar-refractivity contribution is 9.10. The van der Waals surface area contributed by atoms with Crippen LogP contribution in [0.15, 0.2) is 28.7 Å². The number of hydrogen-bond donors (Lipinski definition) is 1. The van der Waals surface area contributed by atoms with Crippen molar-refractivity contribution in [2.75, 3.05) is 26.3 Å². The van der Waals surface area contributed by atoms with Crippen LogP contribution in [0.2, 0.25) is 0 Å². The van der Waals surface area contributed by atoms with E-state index in [1.807, 2.05) is 0 Å². The molecular weight excluding hydrogens is 324 g/mol. The van der Waals surface area contributed by atoms with E-state index in [1.54, 1.807) is 24.3 Å². The topological polar surface area (TPSA) is 49.8 Å². The Bertz CT molecular complexity index is 400. The van der Waals surface area contributed by atoms with Gasteiger partial charge in [-0.1, -0.05) is 15.9 Å². The standard InChI is InChI=1S/C12H14BrF2NO3/c13-9-1-3-10(4-2-9)19-8-12(18)16(5-6-17)7-11(14)15/h1-4,11,17H,5-8H2. The Morgan fingerprint density at radius 2 is 2.00 bits per heavy atom. The van der Waals surface area contributed by atoms with E-state index in [0.717, 1.165) is 9.37 Å². The van der Waals surface area contributed by atoms with E-state index in [2.05, 4.69) is 15.9 Å². The predicted octanol–water partition coefficient (Wildman–Crippen LogP) is 1.91. The van der Waals surface area contributed by atoms with E-state index in [0.29, 0.717) is 5.75 Å². The molecule has 0 unspecified atom stereocenters. The molecule has 1 rings (SSSR count). The summed E-state index contributed by atoms with van der Waals surface area (Å²) in [6.07, 6.45) is -2.64. The van der Waals surface area contributed by atoms with Crippen LogP contribution in [0, 0.1) is 0 Å². The van der Waals surface area contributed by atoms with Gasteiger partial charge in [0.05, 0.1) is 13.2 Å². The van der Waals surface area contributed by atoms with Gasteiger partial charge in [0.1, 0.15) is 5.75 Å². The molecule has 1 N–H and O–H groups in total. The summed E-state index contributed by atoms with van der Waals surface area (Å²) in [6, 6.07) is 6.79. The molecule has 1 aromatic rings. The fourth-order valence-corrected chi connectivity index (χ4v) is 1.64. The molecule has 106 valence electrons. The van der Waals surface area contributed by atoms with Crippen molar-refractivity contribution < 1.29 is 23.4 Å². The molecule has 7 heteroatoms. The number of amides is 1. The lowest BCUT2D eigenvalue weighted by Gasteiger charge is -2.21. The minimum absolute atomic E-state index is 0.132. The number of aliphatic hydroxyl groups is 1. The summed E-state index contributed by atoms with van der Waals surface area (Å²) in [5, 5.41) is 8.73. The third-order valence-corrected chi connectivity index (χ3v) is 2.79. The lowest BCUT2D eigenvalue weighted by molar-refractivity contribution is -0.135. The average molecular weight is 338 g/mol. The second-order valence-electron chi connectivity index (χ2n) is 3.70. The zero-order chi connectivity index (χ0) is 14.3. The first kappa shape index (κ1) is 15.8. The van der Waals surface area contributed by atoms with E-state index in [1.165, 1.54) is 0 Å². The minimum atomic E-state index is -2.64. The highest BCUT2D eigenvalue weighted by atomic mass is 79.9. The Morgan fingerprint density at radius 1 is 1.37 bits per heavy atom. The van der Waals surface area contributed by atoms with Crippen LogP contribution in [0.25, 0.3) is 0 Å². The molecule has 19 heavy (non-hydrogen) atoms. The number of benzene rings is 1. The van der Waals surface area contributed by atoms with Gasteiger partial charge in [0, 0.05) is 11.0 Å². The van der Waals surface area contributed by atoms with E-state index in [4.69, 9.17) is 9.84 Å². The number of carbonyl (C=O) groups excluding carboxylic acids is 1. The van der Waals surface area contributed by atoms with Gasteiger partial charge in [-0.2, -0.15) is 0 Å². The summed E-state index contributed by atoms with van der Waals surface area (Å²) in [5.74, 6) is -0.116. The number of aliphatic hydroxyl groups excluding tert-OH is 1. The first-order valence-corrected chi connectivity index (χ1v) is 6.37. The van der Waals surface area contributed by atoms with Crippen LogP contribution in [-0.2, 0) is 4.79 Å².